The van der Waals surface area contributed by atoms with Crippen LogP contribution in [0.5, 0.6) is 11.5 Å². The number of amides is 1. The van der Waals surface area contributed by atoms with E-state index in [1.807, 2.05) is 48.3 Å². The fourth-order valence-electron chi connectivity index (χ4n) is 5.53. The van der Waals surface area contributed by atoms with Gasteiger partial charge in [0.05, 0.1) is 14.2 Å². The van der Waals surface area contributed by atoms with E-state index in [1.54, 1.807) is 20.3 Å². The lowest BCUT2D eigenvalue weighted by Gasteiger charge is -2.45. The quantitative estimate of drug-likeness (QED) is 0.806. The lowest BCUT2D eigenvalue weighted by atomic mass is 9.61. The van der Waals surface area contributed by atoms with Crippen LogP contribution in [0.25, 0.3) is 0 Å². The van der Waals surface area contributed by atoms with Gasteiger partial charge in [-0.2, -0.15) is 0 Å². The Labute approximate surface area is 168 Å². The second-order valence-electron chi connectivity index (χ2n) is 7.72. The van der Waals surface area contributed by atoms with Crippen molar-refractivity contribution in [2.75, 3.05) is 33.1 Å². The van der Waals surface area contributed by atoms with Gasteiger partial charge in [-0.15, -0.1) is 0 Å². The zero-order valence-electron chi connectivity index (χ0n) is 16.5. The molecule has 7 nitrogen and oxygen atoms in total. The summed E-state index contributed by atoms with van der Waals surface area (Å²) in [5, 5.41) is 3.03. The standard InChI is InChI=1S/C22H22N2O5/c1-24-12-11-21-18(13-7-6-10-16(27-2)17(13)28-3)29-20(26)22(21,24)14-8-4-5-9-15(14)23-19(21)25/h4-10,18H,11-12H2,1-3H3,(H,23,25)/t18-,21+,22-/m1/s1. The normalized spacial score (nSPS) is 30.1. The lowest BCUT2D eigenvalue weighted by molar-refractivity contribution is -0.150. The van der Waals surface area contributed by atoms with Crippen molar-refractivity contribution in [3.63, 3.8) is 0 Å². The van der Waals surface area contributed by atoms with Crippen LogP contribution in [0.3, 0.4) is 0 Å². The van der Waals surface area contributed by atoms with Crippen LogP contribution in [0.1, 0.15) is 23.7 Å². The molecule has 1 amide bonds. The number of hydrogen-bond acceptors (Lipinski definition) is 6. The minimum Gasteiger partial charge on any atom is -0.493 e. The van der Waals surface area contributed by atoms with Crippen molar-refractivity contribution < 1.29 is 23.8 Å². The van der Waals surface area contributed by atoms with E-state index >= 15 is 0 Å². The zero-order valence-corrected chi connectivity index (χ0v) is 16.5. The molecular weight excluding hydrogens is 372 g/mol. The van der Waals surface area contributed by atoms with E-state index in [9.17, 15) is 9.59 Å². The molecule has 3 atom stereocenters. The Bertz CT molecular complexity index is 1040. The van der Waals surface area contributed by atoms with Crippen molar-refractivity contribution in [1.29, 1.82) is 0 Å². The minimum atomic E-state index is -1.18. The van der Waals surface area contributed by atoms with E-state index in [0.717, 1.165) is 5.56 Å². The highest BCUT2D eigenvalue weighted by Crippen LogP contribution is 2.68. The molecule has 0 bridgehead atoms. The maximum atomic E-state index is 13.6. The van der Waals surface area contributed by atoms with Crippen molar-refractivity contribution in [2.24, 2.45) is 5.41 Å². The summed E-state index contributed by atoms with van der Waals surface area (Å²) in [6, 6.07) is 12.9. The first-order chi connectivity index (χ1) is 14.0. The molecule has 5 rings (SSSR count). The minimum absolute atomic E-state index is 0.207. The largest absolute Gasteiger partial charge is 0.493 e. The predicted octanol–water partition coefficient (Wildman–Crippen LogP) is 2.47. The fourth-order valence-corrected chi connectivity index (χ4v) is 5.53. The van der Waals surface area contributed by atoms with Crippen molar-refractivity contribution in [1.82, 2.24) is 4.90 Å². The SMILES string of the molecule is COc1cccc([C@H]2OC(=O)[C@]34c5ccccc5NC(=O)[C@]23CCN4C)c1OC. The maximum absolute atomic E-state index is 13.6. The van der Waals surface area contributed by atoms with Crippen LogP contribution in [-0.2, 0) is 19.9 Å². The first-order valence-corrected chi connectivity index (χ1v) is 9.56. The number of hydrogen-bond donors (Lipinski definition) is 1. The topological polar surface area (TPSA) is 77.1 Å². The van der Waals surface area contributed by atoms with Gasteiger partial charge in [-0.25, -0.2) is 4.79 Å². The Kier molecular flexibility index (Phi) is 3.70. The number of carbonyl (C=O) groups is 2. The summed E-state index contributed by atoms with van der Waals surface area (Å²) in [6.07, 6.45) is -0.307. The smallest absolute Gasteiger partial charge is 0.333 e. The summed E-state index contributed by atoms with van der Waals surface area (Å²) < 4.78 is 17.0. The molecule has 1 N–H and O–H groups in total. The Balaban J connectivity index is 1.81. The van der Waals surface area contributed by atoms with Gasteiger partial charge in [0, 0.05) is 23.4 Å². The number of nitrogens with one attached hydrogen (secondary N) is 1. The summed E-state index contributed by atoms with van der Waals surface area (Å²) in [5.74, 6) is 0.382. The number of fused-ring (bicyclic) bond motifs is 1. The van der Waals surface area contributed by atoms with Gasteiger partial charge in [0.25, 0.3) is 0 Å². The highest BCUT2D eigenvalue weighted by atomic mass is 16.6. The van der Waals surface area contributed by atoms with Crippen molar-refractivity contribution in [2.45, 2.75) is 18.1 Å². The molecule has 150 valence electrons. The Morgan fingerprint density at radius 3 is 2.66 bits per heavy atom. The third kappa shape index (κ3) is 1.91. The number of likely N-dealkylation sites (tertiary alicyclic amines) is 1. The van der Waals surface area contributed by atoms with Crippen LogP contribution in [0.4, 0.5) is 5.69 Å². The van der Waals surface area contributed by atoms with Crippen LogP contribution in [0.2, 0.25) is 0 Å². The molecule has 0 radical (unpaired) electrons. The Morgan fingerprint density at radius 2 is 1.90 bits per heavy atom. The van der Waals surface area contributed by atoms with E-state index in [-0.39, 0.29) is 5.91 Å². The first kappa shape index (κ1) is 18.0. The number of cyclic esters (lactones) is 1. The Hall–Kier alpha value is -3.06. The molecule has 2 saturated heterocycles. The fraction of sp³-hybridized carbons (Fsp3) is 0.364. The molecule has 3 aliphatic heterocycles. The average molecular weight is 394 g/mol. The summed E-state index contributed by atoms with van der Waals surface area (Å²) in [6.45, 7) is 0.597. The van der Waals surface area contributed by atoms with Gasteiger partial charge in [-0.3, -0.25) is 9.69 Å². The van der Waals surface area contributed by atoms with Crippen molar-refractivity contribution in [3.05, 3.63) is 53.6 Å². The summed E-state index contributed by atoms with van der Waals surface area (Å²) in [5.41, 5.74) is -0.227. The summed E-state index contributed by atoms with van der Waals surface area (Å²) >= 11 is 0. The monoisotopic (exact) mass is 394 g/mol. The van der Waals surface area contributed by atoms with E-state index in [4.69, 9.17) is 14.2 Å². The number of likely N-dealkylation sites (N-methyl/N-ethyl adjacent to an activating group) is 1. The highest BCUT2D eigenvalue weighted by molar-refractivity contribution is 6.09. The van der Waals surface area contributed by atoms with Crippen LogP contribution in [0.15, 0.2) is 42.5 Å². The van der Waals surface area contributed by atoms with Gasteiger partial charge in [0.2, 0.25) is 5.91 Å². The molecule has 3 aliphatic rings. The number of carbonyl (C=O) groups excluding carboxylic acids is 2. The predicted molar refractivity (Wildman–Crippen MR) is 105 cm³/mol. The average Bonchev–Trinajstić information content (AvgIpc) is 3.21. The first-order valence-electron chi connectivity index (χ1n) is 9.56. The van der Waals surface area contributed by atoms with Crippen LogP contribution in [-0.4, -0.2) is 44.6 Å². The molecule has 0 unspecified atom stereocenters. The molecular formula is C22H22N2O5. The van der Waals surface area contributed by atoms with E-state index in [2.05, 4.69) is 5.32 Å². The van der Waals surface area contributed by atoms with Gasteiger partial charge < -0.3 is 19.5 Å². The van der Waals surface area contributed by atoms with Crippen LogP contribution < -0.4 is 14.8 Å². The molecule has 3 heterocycles. The molecule has 0 spiro atoms. The second kappa shape index (κ2) is 5.97. The second-order valence-corrected chi connectivity index (χ2v) is 7.72. The molecule has 0 aromatic heterocycles. The number of nitrogens with zero attached hydrogens (tertiary/aromatic N) is 1. The highest BCUT2D eigenvalue weighted by Gasteiger charge is 2.79. The van der Waals surface area contributed by atoms with Gasteiger partial charge >= 0.3 is 5.97 Å². The molecule has 0 saturated carbocycles. The van der Waals surface area contributed by atoms with E-state index in [1.165, 1.54) is 0 Å². The Morgan fingerprint density at radius 1 is 1.10 bits per heavy atom. The number of ether oxygens (including phenoxy) is 3. The van der Waals surface area contributed by atoms with Gasteiger partial charge in [-0.05, 0) is 25.6 Å². The number of benzene rings is 2. The van der Waals surface area contributed by atoms with Crippen molar-refractivity contribution in [3.8, 4) is 11.5 Å². The third-order valence-electron chi connectivity index (χ3n) is 6.71. The third-order valence-corrected chi connectivity index (χ3v) is 6.71. The molecule has 29 heavy (non-hydrogen) atoms. The van der Waals surface area contributed by atoms with Crippen LogP contribution >= 0.6 is 0 Å². The summed E-state index contributed by atoms with van der Waals surface area (Å²) in [7, 11) is 4.97. The van der Waals surface area contributed by atoms with Gasteiger partial charge in [0.1, 0.15) is 11.5 Å². The number of esters is 1. The molecule has 2 aromatic carbocycles. The van der Waals surface area contributed by atoms with E-state index < -0.39 is 23.0 Å². The number of rotatable bonds is 3. The number of para-hydroxylation sites is 2. The molecule has 7 heteroatoms. The maximum Gasteiger partial charge on any atom is 0.333 e. The van der Waals surface area contributed by atoms with E-state index in [0.29, 0.717) is 35.7 Å². The molecule has 2 aromatic rings. The van der Waals surface area contributed by atoms with Gasteiger partial charge in [-0.1, -0.05) is 30.3 Å². The molecule has 0 aliphatic carbocycles. The molecule has 2 fully saturated rings. The number of methoxy groups -OCH3 is 2. The van der Waals surface area contributed by atoms with Gasteiger partial charge in [0.15, 0.2) is 17.0 Å². The zero-order chi connectivity index (χ0) is 20.4. The summed E-state index contributed by atoms with van der Waals surface area (Å²) in [4.78, 5) is 29.1. The van der Waals surface area contributed by atoms with Crippen molar-refractivity contribution >= 4 is 17.6 Å². The lowest BCUT2D eigenvalue weighted by Crippen LogP contribution is -2.59. The number of anilines is 1. The van der Waals surface area contributed by atoms with Crippen LogP contribution in [0, 0.1) is 5.41 Å².